The summed E-state index contributed by atoms with van der Waals surface area (Å²) in [7, 11) is -3.63. The van der Waals surface area contributed by atoms with Crippen molar-refractivity contribution < 1.29 is 18.3 Å². The highest BCUT2D eigenvalue weighted by atomic mass is 32.2. The van der Waals surface area contributed by atoms with Gasteiger partial charge in [-0.15, -0.1) is 11.3 Å². The first-order valence-corrected chi connectivity index (χ1v) is 8.44. The molecule has 6 nitrogen and oxygen atoms in total. The lowest BCUT2D eigenvalue weighted by atomic mass is 10.2. The molecule has 2 N–H and O–H groups in total. The number of carboxylic acids is 1. The zero-order chi connectivity index (χ0) is 15.5. The number of aryl methyl sites for hydroxylation is 1. The molecule has 0 spiro atoms. The van der Waals surface area contributed by atoms with Gasteiger partial charge in [-0.25, -0.2) is 18.1 Å². The van der Waals surface area contributed by atoms with E-state index in [2.05, 4.69) is 9.71 Å². The summed E-state index contributed by atoms with van der Waals surface area (Å²) in [5.74, 6) is -0.956. The zero-order valence-electron chi connectivity index (χ0n) is 11.2. The molecule has 0 radical (unpaired) electrons. The van der Waals surface area contributed by atoms with Gasteiger partial charge in [0.15, 0.2) is 0 Å². The number of benzene rings is 1. The molecule has 0 aliphatic rings. The van der Waals surface area contributed by atoms with E-state index in [1.54, 1.807) is 0 Å². The van der Waals surface area contributed by atoms with Gasteiger partial charge in [0.1, 0.15) is 5.01 Å². The van der Waals surface area contributed by atoms with E-state index in [4.69, 9.17) is 5.11 Å². The topological polar surface area (TPSA) is 96.4 Å². The van der Waals surface area contributed by atoms with Crippen molar-refractivity contribution in [3.05, 3.63) is 45.9 Å². The first-order chi connectivity index (χ1) is 9.87. The lowest BCUT2D eigenvalue weighted by molar-refractivity contribution is -0.136. The summed E-state index contributed by atoms with van der Waals surface area (Å²) < 4.78 is 26.7. The lowest BCUT2D eigenvalue weighted by Crippen LogP contribution is -2.23. The maximum Gasteiger partial charge on any atom is 0.307 e. The van der Waals surface area contributed by atoms with Crippen molar-refractivity contribution in [1.82, 2.24) is 9.71 Å². The fourth-order valence-electron chi connectivity index (χ4n) is 1.69. The summed E-state index contributed by atoms with van der Waals surface area (Å²) in [6.07, 6.45) is -0.133. The van der Waals surface area contributed by atoms with Gasteiger partial charge in [0.05, 0.1) is 17.9 Å². The van der Waals surface area contributed by atoms with Crippen LogP contribution < -0.4 is 4.72 Å². The molecule has 8 heteroatoms. The average Bonchev–Trinajstić information content (AvgIpc) is 2.82. The second-order valence-corrected chi connectivity index (χ2v) is 7.13. The third-order valence-electron chi connectivity index (χ3n) is 2.67. The molecule has 1 aromatic carbocycles. The molecule has 0 saturated heterocycles. The van der Waals surface area contributed by atoms with Gasteiger partial charge >= 0.3 is 5.97 Å². The number of nitrogens with one attached hydrogen (secondary N) is 1. The van der Waals surface area contributed by atoms with Crippen molar-refractivity contribution in [2.75, 3.05) is 0 Å². The Bertz CT molecular complexity index is 736. The maximum atomic E-state index is 12.1. The molecule has 1 heterocycles. The summed E-state index contributed by atoms with van der Waals surface area (Å²) >= 11 is 1.39. The molecule has 1 aromatic heterocycles. The van der Waals surface area contributed by atoms with Gasteiger partial charge in [-0.1, -0.05) is 12.1 Å². The van der Waals surface area contributed by atoms with E-state index < -0.39 is 16.0 Å². The molecule has 112 valence electrons. The standard InChI is InChI=1S/C13H14N2O4S2/c1-9-8-20-12(15-9)7-14-21(18,19)11-4-2-10(3-5-11)6-13(16)17/h2-5,8,14H,6-7H2,1H3,(H,16,17). The highest BCUT2D eigenvalue weighted by Crippen LogP contribution is 2.13. The number of sulfonamides is 1. The molecule has 21 heavy (non-hydrogen) atoms. The minimum Gasteiger partial charge on any atom is -0.481 e. The van der Waals surface area contributed by atoms with Crippen LogP contribution in [0.2, 0.25) is 0 Å². The monoisotopic (exact) mass is 326 g/mol. The second-order valence-electron chi connectivity index (χ2n) is 4.42. The normalized spacial score (nSPS) is 11.5. The Balaban J connectivity index is 2.06. The van der Waals surface area contributed by atoms with E-state index in [9.17, 15) is 13.2 Å². The van der Waals surface area contributed by atoms with Crippen molar-refractivity contribution in [3.8, 4) is 0 Å². The number of nitrogens with zero attached hydrogens (tertiary/aromatic N) is 1. The molecule has 0 saturated carbocycles. The summed E-state index contributed by atoms with van der Waals surface area (Å²) in [5, 5.41) is 11.2. The number of carboxylic acid groups (broad SMARTS) is 1. The summed E-state index contributed by atoms with van der Waals surface area (Å²) in [4.78, 5) is 14.9. The Hall–Kier alpha value is -1.77. The Morgan fingerprint density at radius 1 is 1.33 bits per heavy atom. The summed E-state index contributed by atoms with van der Waals surface area (Å²) in [6, 6.07) is 5.79. The van der Waals surface area contributed by atoms with Gasteiger partial charge < -0.3 is 5.11 Å². The average molecular weight is 326 g/mol. The Labute approximate surface area is 126 Å². The fourth-order valence-corrected chi connectivity index (χ4v) is 3.48. The van der Waals surface area contributed by atoms with Crippen LogP contribution in [0.15, 0.2) is 34.5 Å². The molecule has 2 rings (SSSR count). The van der Waals surface area contributed by atoms with Crippen LogP contribution in [-0.2, 0) is 27.8 Å². The van der Waals surface area contributed by atoms with E-state index in [1.165, 1.54) is 35.6 Å². The summed E-state index contributed by atoms with van der Waals surface area (Å²) in [6.45, 7) is 1.98. The smallest absolute Gasteiger partial charge is 0.307 e. The molecule has 2 aromatic rings. The quantitative estimate of drug-likeness (QED) is 0.840. The van der Waals surface area contributed by atoms with Gasteiger partial charge in [0.2, 0.25) is 10.0 Å². The number of rotatable bonds is 6. The van der Waals surface area contributed by atoms with Crippen LogP contribution in [0, 0.1) is 6.92 Å². The second kappa shape index (κ2) is 6.33. The lowest BCUT2D eigenvalue weighted by Gasteiger charge is -2.06. The number of carbonyl (C=O) groups is 1. The van der Waals surface area contributed by atoms with Gasteiger partial charge in [0.25, 0.3) is 0 Å². The van der Waals surface area contributed by atoms with Crippen LogP contribution in [0.3, 0.4) is 0 Å². The largest absolute Gasteiger partial charge is 0.481 e. The van der Waals surface area contributed by atoms with E-state index in [0.29, 0.717) is 10.6 Å². The van der Waals surface area contributed by atoms with Crippen LogP contribution in [0.4, 0.5) is 0 Å². The van der Waals surface area contributed by atoms with Gasteiger partial charge in [-0.2, -0.15) is 0 Å². The maximum absolute atomic E-state index is 12.1. The number of aromatic nitrogens is 1. The number of aliphatic carboxylic acids is 1. The predicted molar refractivity (Wildman–Crippen MR) is 78.7 cm³/mol. The predicted octanol–water partition coefficient (Wildman–Crippen LogP) is 1.56. The minimum absolute atomic E-state index is 0.102. The number of hydrogen-bond acceptors (Lipinski definition) is 5. The zero-order valence-corrected chi connectivity index (χ0v) is 12.9. The Morgan fingerprint density at radius 2 is 2.00 bits per heavy atom. The molecular weight excluding hydrogens is 312 g/mol. The SMILES string of the molecule is Cc1csc(CNS(=O)(=O)c2ccc(CC(=O)O)cc2)n1. The molecule has 0 atom stereocenters. The Morgan fingerprint density at radius 3 is 2.52 bits per heavy atom. The highest BCUT2D eigenvalue weighted by molar-refractivity contribution is 7.89. The molecule has 0 fully saturated rings. The van der Waals surface area contributed by atoms with Crippen molar-refractivity contribution >= 4 is 27.3 Å². The van der Waals surface area contributed by atoms with E-state index in [1.807, 2.05) is 12.3 Å². The molecule has 0 aliphatic heterocycles. The first kappa shape index (κ1) is 15.6. The van der Waals surface area contributed by atoms with Crippen molar-refractivity contribution in [3.63, 3.8) is 0 Å². The van der Waals surface area contributed by atoms with E-state index >= 15 is 0 Å². The number of thiazole rings is 1. The third kappa shape index (κ3) is 4.35. The molecule has 0 aliphatic carbocycles. The van der Waals surface area contributed by atoms with E-state index in [0.717, 1.165) is 5.69 Å². The van der Waals surface area contributed by atoms with Gasteiger partial charge in [-0.05, 0) is 24.6 Å². The van der Waals surface area contributed by atoms with Gasteiger partial charge in [-0.3, -0.25) is 4.79 Å². The molecule has 0 unspecified atom stereocenters. The third-order valence-corrected chi connectivity index (χ3v) is 5.05. The van der Waals surface area contributed by atoms with Crippen LogP contribution in [0.5, 0.6) is 0 Å². The highest BCUT2D eigenvalue weighted by Gasteiger charge is 2.14. The first-order valence-electron chi connectivity index (χ1n) is 6.08. The fraction of sp³-hybridized carbons (Fsp3) is 0.231. The summed E-state index contributed by atoms with van der Waals surface area (Å²) in [5.41, 5.74) is 1.41. The molecule has 0 amide bonds. The van der Waals surface area contributed by atoms with Crippen LogP contribution in [0.25, 0.3) is 0 Å². The molecule has 0 bridgehead atoms. The van der Waals surface area contributed by atoms with Crippen LogP contribution in [-0.4, -0.2) is 24.5 Å². The van der Waals surface area contributed by atoms with Crippen molar-refractivity contribution in [2.45, 2.75) is 24.8 Å². The van der Waals surface area contributed by atoms with Crippen molar-refractivity contribution in [1.29, 1.82) is 0 Å². The minimum atomic E-state index is -3.63. The Kier molecular flexibility index (Phi) is 4.71. The molecular formula is C13H14N2O4S2. The van der Waals surface area contributed by atoms with Gasteiger partial charge in [0, 0.05) is 11.1 Å². The number of hydrogen-bond donors (Lipinski definition) is 2. The van der Waals surface area contributed by atoms with Crippen LogP contribution in [0.1, 0.15) is 16.3 Å². The van der Waals surface area contributed by atoms with E-state index in [-0.39, 0.29) is 17.9 Å². The van der Waals surface area contributed by atoms with Crippen molar-refractivity contribution in [2.24, 2.45) is 0 Å². The van der Waals surface area contributed by atoms with Crippen LogP contribution >= 0.6 is 11.3 Å².